The minimum atomic E-state index is 0.450. The smallest absolute Gasteiger partial charge is 0.119 e. The van der Waals surface area contributed by atoms with E-state index in [9.17, 15) is 0 Å². The van der Waals surface area contributed by atoms with Gasteiger partial charge in [0.15, 0.2) is 0 Å². The van der Waals surface area contributed by atoms with Crippen LogP contribution in [0, 0.1) is 0 Å². The van der Waals surface area contributed by atoms with Crippen molar-refractivity contribution in [2.24, 2.45) is 0 Å². The van der Waals surface area contributed by atoms with Crippen molar-refractivity contribution in [2.75, 3.05) is 26.7 Å². The average molecular weight is 248 g/mol. The van der Waals surface area contributed by atoms with Gasteiger partial charge in [0.25, 0.3) is 0 Å². The molecule has 1 aliphatic heterocycles. The topological polar surface area (TPSA) is 24.5 Å². The molecule has 2 rings (SSSR count). The van der Waals surface area contributed by atoms with Gasteiger partial charge in [-0.05, 0) is 51.6 Å². The van der Waals surface area contributed by atoms with Crippen molar-refractivity contribution in [3.8, 4) is 5.75 Å². The van der Waals surface area contributed by atoms with E-state index in [0.29, 0.717) is 12.1 Å². The summed E-state index contributed by atoms with van der Waals surface area (Å²) in [6.45, 7) is 7.26. The summed E-state index contributed by atoms with van der Waals surface area (Å²) in [7, 11) is 2.22. The Morgan fingerprint density at radius 3 is 2.67 bits per heavy atom. The highest BCUT2D eigenvalue weighted by Crippen LogP contribution is 2.24. The molecule has 0 aliphatic carbocycles. The van der Waals surface area contributed by atoms with Gasteiger partial charge in [-0.1, -0.05) is 12.1 Å². The first-order valence-electron chi connectivity index (χ1n) is 6.87. The molecule has 3 nitrogen and oxygen atoms in total. The first-order valence-corrected chi connectivity index (χ1v) is 6.87. The van der Waals surface area contributed by atoms with E-state index in [2.05, 4.69) is 48.5 Å². The van der Waals surface area contributed by atoms with E-state index in [1.54, 1.807) is 0 Å². The zero-order chi connectivity index (χ0) is 13.0. The van der Waals surface area contributed by atoms with Gasteiger partial charge in [0.2, 0.25) is 0 Å². The molecule has 0 radical (unpaired) electrons. The van der Waals surface area contributed by atoms with Crippen molar-refractivity contribution in [2.45, 2.75) is 32.4 Å². The van der Waals surface area contributed by atoms with E-state index < -0.39 is 0 Å². The van der Waals surface area contributed by atoms with Gasteiger partial charge >= 0.3 is 0 Å². The summed E-state index contributed by atoms with van der Waals surface area (Å²) in [5.41, 5.74) is 1.35. The van der Waals surface area contributed by atoms with E-state index >= 15 is 0 Å². The third-order valence-corrected chi connectivity index (χ3v) is 3.89. The second-order valence-electron chi connectivity index (χ2n) is 4.99. The van der Waals surface area contributed by atoms with Crippen LogP contribution in [-0.4, -0.2) is 37.7 Å². The van der Waals surface area contributed by atoms with E-state index in [1.165, 1.54) is 12.0 Å². The van der Waals surface area contributed by atoms with Crippen molar-refractivity contribution < 1.29 is 4.74 Å². The minimum Gasteiger partial charge on any atom is -0.494 e. The third kappa shape index (κ3) is 3.03. The molecule has 0 saturated carbocycles. The maximum Gasteiger partial charge on any atom is 0.119 e. The average Bonchev–Trinajstić information content (AvgIpc) is 2.92. The zero-order valence-corrected chi connectivity index (χ0v) is 11.6. The Kier molecular flexibility index (Phi) is 4.61. The lowest BCUT2D eigenvalue weighted by Crippen LogP contribution is -2.35. The van der Waals surface area contributed by atoms with Crippen molar-refractivity contribution >= 4 is 0 Å². The van der Waals surface area contributed by atoms with Crippen LogP contribution in [0.15, 0.2) is 24.3 Å². The maximum absolute atomic E-state index is 5.48. The molecule has 3 heteroatoms. The molecule has 18 heavy (non-hydrogen) atoms. The van der Waals surface area contributed by atoms with Crippen LogP contribution in [-0.2, 0) is 0 Å². The Morgan fingerprint density at radius 1 is 1.39 bits per heavy atom. The highest BCUT2D eigenvalue weighted by atomic mass is 16.5. The number of rotatable bonds is 5. The summed E-state index contributed by atoms with van der Waals surface area (Å²) in [5, 5.41) is 3.42. The molecule has 0 amide bonds. The summed E-state index contributed by atoms with van der Waals surface area (Å²) >= 11 is 0. The Balaban J connectivity index is 2.00. The molecule has 1 N–H and O–H groups in total. The number of ether oxygens (including phenoxy) is 1. The fraction of sp³-hybridized carbons (Fsp3) is 0.600. The number of hydrogen-bond acceptors (Lipinski definition) is 3. The second kappa shape index (κ2) is 6.21. The first-order chi connectivity index (χ1) is 8.72. The highest BCUT2D eigenvalue weighted by molar-refractivity contribution is 5.29. The van der Waals surface area contributed by atoms with Gasteiger partial charge in [-0.25, -0.2) is 0 Å². The molecule has 1 saturated heterocycles. The maximum atomic E-state index is 5.48. The van der Waals surface area contributed by atoms with Crippen LogP contribution in [0.4, 0.5) is 0 Å². The lowest BCUT2D eigenvalue weighted by Gasteiger charge is -2.30. The van der Waals surface area contributed by atoms with Crippen LogP contribution < -0.4 is 10.1 Å². The van der Waals surface area contributed by atoms with Crippen LogP contribution in [0.1, 0.15) is 31.9 Å². The van der Waals surface area contributed by atoms with Crippen molar-refractivity contribution in [3.63, 3.8) is 0 Å². The first kappa shape index (κ1) is 13.4. The van der Waals surface area contributed by atoms with E-state index in [4.69, 9.17) is 4.74 Å². The Bertz CT molecular complexity index is 357. The molecule has 0 spiro atoms. The standard InChI is InChI=1S/C15H24N2O/c1-4-18-15-7-5-13(6-8-15)12(2)17(3)14-9-10-16-11-14/h5-8,12,14,16H,4,9-11H2,1-3H3. The van der Waals surface area contributed by atoms with Crippen LogP contribution in [0.3, 0.4) is 0 Å². The minimum absolute atomic E-state index is 0.450. The number of likely N-dealkylation sites (N-methyl/N-ethyl adjacent to an activating group) is 1. The van der Waals surface area contributed by atoms with E-state index in [-0.39, 0.29) is 0 Å². The monoisotopic (exact) mass is 248 g/mol. The zero-order valence-electron chi connectivity index (χ0n) is 11.6. The lowest BCUT2D eigenvalue weighted by molar-refractivity contribution is 0.197. The van der Waals surface area contributed by atoms with Gasteiger partial charge in [0.05, 0.1) is 6.61 Å². The van der Waals surface area contributed by atoms with Gasteiger partial charge in [0, 0.05) is 18.6 Å². The van der Waals surface area contributed by atoms with Gasteiger partial charge in [-0.15, -0.1) is 0 Å². The predicted molar refractivity (Wildman–Crippen MR) is 75.1 cm³/mol. The largest absolute Gasteiger partial charge is 0.494 e. The molecule has 0 bridgehead atoms. The number of hydrogen-bond donors (Lipinski definition) is 1. The lowest BCUT2D eigenvalue weighted by atomic mass is 10.0. The molecule has 1 fully saturated rings. The molecule has 100 valence electrons. The van der Waals surface area contributed by atoms with Gasteiger partial charge in [-0.2, -0.15) is 0 Å². The molecule has 2 atom stereocenters. The molecule has 1 heterocycles. The third-order valence-electron chi connectivity index (χ3n) is 3.89. The van der Waals surface area contributed by atoms with Gasteiger partial charge < -0.3 is 10.1 Å². The van der Waals surface area contributed by atoms with E-state index in [1.807, 2.05) is 6.92 Å². The van der Waals surface area contributed by atoms with Crippen LogP contribution in [0.2, 0.25) is 0 Å². The van der Waals surface area contributed by atoms with Crippen LogP contribution in [0.5, 0.6) is 5.75 Å². The van der Waals surface area contributed by atoms with Crippen LogP contribution >= 0.6 is 0 Å². The Morgan fingerprint density at radius 2 is 2.11 bits per heavy atom. The Labute approximate surface area is 110 Å². The van der Waals surface area contributed by atoms with Gasteiger partial charge in [-0.3, -0.25) is 4.90 Å². The summed E-state index contributed by atoms with van der Waals surface area (Å²) in [6, 6.07) is 9.59. The van der Waals surface area contributed by atoms with Crippen LogP contribution in [0.25, 0.3) is 0 Å². The van der Waals surface area contributed by atoms with Crippen molar-refractivity contribution in [3.05, 3.63) is 29.8 Å². The summed E-state index contributed by atoms with van der Waals surface area (Å²) in [6.07, 6.45) is 1.25. The number of nitrogens with one attached hydrogen (secondary N) is 1. The second-order valence-corrected chi connectivity index (χ2v) is 4.99. The van der Waals surface area contributed by atoms with Gasteiger partial charge in [0.1, 0.15) is 5.75 Å². The number of nitrogens with zero attached hydrogens (tertiary/aromatic N) is 1. The Hall–Kier alpha value is -1.06. The van der Waals surface area contributed by atoms with Crippen molar-refractivity contribution in [1.82, 2.24) is 10.2 Å². The fourth-order valence-corrected chi connectivity index (χ4v) is 2.55. The normalized spacial score (nSPS) is 21.2. The predicted octanol–water partition coefficient (Wildman–Crippen LogP) is 2.44. The molecular weight excluding hydrogens is 224 g/mol. The molecule has 1 aromatic carbocycles. The molecule has 1 aromatic rings. The summed E-state index contributed by atoms with van der Waals surface area (Å²) in [4.78, 5) is 2.47. The van der Waals surface area contributed by atoms with Crippen molar-refractivity contribution in [1.29, 1.82) is 0 Å². The summed E-state index contributed by atoms with van der Waals surface area (Å²) in [5.74, 6) is 0.957. The SMILES string of the molecule is CCOc1ccc(C(C)N(C)C2CCNC2)cc1. The van der Waals surface area contributed by atoms with E-state index in [0.717, 1.165) is 25.4 Å². The fourth-order valence-electron chi connectivity index (χ4n) is 2.55. The molecular formula is C15H24N2O. The molecule has 1 aliphatic rings. The quantitative estimate of drug-likeness (QED) is 0.866. The number of benzene rings is 1. The molecule has 2 unspecified atom stereocenters. The summed E-state index contributed by atoms with van der Waals surface area (Å²) < 4.78 is 5.48. The highest BCUT2D eigenvalue weighted by Gasteiger charge is 2.23. The molecule has 0 aromatic heterocycles.